The maximum Gasteiger partial charge on any atom is 0.214 e. The minimum Gasteiger partial charge on any atom is -0.508 e. The van der Waals surface area contributed by atoms with Crippen molar-refractivity contribution in [3.63, 3.8) is 0 Å². The Morgan fingerprint density at radius 2 is 2.06 bits per heavy atom. The maximum atomic E-state index is 9.24. The number of aromatic nitrogens is 4. The molecule has 0 aliphatic heterocycles. The summed E-state index contributed by atoms with van der Waals surface area (Å²) in [7, 11) is 0. The number of hydrogen-bond donors (Lipinski definition) is 2. The fourth-order valence-electron chi connectivity index (χ4n) is 1.31. The van der Waals surface area contributed by atoms with E-state index in [1.165, 1.54) is 11.8 Å². The molecule has 0 atom stereocenters. The third kappa shape index (κ3) is 3.08. The first-order valence-electron chi connectivity index (χ1n) is 5.37. The van der Waals surface area contributed by atoms with Gasteiger partial charge in [-0.3, -0.25) is 0 Å². The predicted molar refractivity (Wildman–Crippen MR) is 69.7 cm³/mol. The van der Waals surface area contributed by atoms with Crippen molar-refractivity contribution in [1.29, 1.82) is 0 Å². The second-order valence-corrected chi connectivity index (χ2v) is 4.39. The summed E-state index contributed by atoms with van der Waals surface area (Å²) in [6.45, 7) is 0.531. The lowest BCUT2D eigenvalue weighted by atomic mass is 10.3. The van der Waals surface area contributed by atoms with Gasteiger partial charge in [-0.15, -0.1) is 5.10 Å². The Hall–Kier alpha value is -1.86. The largest absolute Gasteiger partial charge is 0.508 e. The third-order valence-corrected chi connectivity index (χ3v) is 3.02. The number of nitrogens with zero attached hydrogens (tertiary/aromatic N) is 4. The summed E-state index contributed by atoms with van der Waals surface area (Å²) >= 11 is 1.51. The number of aromatic hydroxyl groups is 1. The van der Waals surface area contributed by atoms with Crippen LogP contribution in [0.25, 0.3) is 5.69 Å². The zero-order valence-corrected chi connectivity index (χ0v) is 10.4. The summed E-state index contributed by atoms with van der Waals surface area (Å²) in [6, 6.07) is 6.70. The monoisotopic (exact) mass is 263 g/mol. The van der Waals surface area contributed by atoms with Crippen molar-refractivity contribution >= 4 is 11.8 Å². The van der Waals surface area contributed by atoms with Crippen molar-refractivity contribution in [1.82, 2.24) is 20.2 Å². The van der Waals surface area contributed by atoms with E-state index < -0.39 is 0 Å². The number of tetrazole rings is 1. The van der Waals surface area contributed by atoms with Crippen LogP contribution in [0.5, 0.6) is 5.75 Å². The van der Waals surface area contributed by atoms with Gasteiger partial charge in [-0.25, -0.2) is 0 Å². The maximum absolute atomic E-state index is 9.24. The predicted octanol–water partition coefficient (Wildman–Crippen LogP) is 0.975. The number of benzene rings is 1. The van der Waals surface area contributed by atoms with Gasteiger partial charge in [0.2, 0.25) is 5.16 Å². The second-order valence-electron chi connectivity index (χ2n) is 3.41. The van der Waals surface area contributed by atoms with Crippen molar-refractivity contribution in [3.8, 4) is 11.4 Å². The van der Waals surface area contributed by atoms with Crippen LogP contribution in [0.4, 0.5) is 0 Å². The number of phenolic OH excluding ortho intramolecular Hbond substituents is 1. The van der Waals surface area contributed by atoms with Gasteiger partial charge in [-0.05, 0) is 34.7 Å². The summed E-state index contributed by atoms with van der Waals surface area (Å²) in [4.78, 5) is 0. The van der Waals surface area contributed by atoms with Crippen molar-refractivity contribution in [2.45, 2.75) is 5.16 Å². The summed E-state index contributed by atoms with van der Waals surface area (Å²) < 4.78 is 1.63. The van der Waals surface area contributed by atoms with E-state index in [0.29, 0.717) is 11.7 Å². The Balaban J connectivity index is 2.12. The van der Waals surface area contributed by atoms with Crippen LogP contribution in [-0.2, 0) is 0 Å². The van der Waals surface area contributed by atoms with Gasteiger partial charge in [-0.2, -0.15) is 4.68 Å². The second kappa shape index (κ2) is 6.18. The smallest absolute Gasteiger partial charge is 0.214 e. The van der Waals surface area contributed by atoms with E-state index in [0.717, 1.165) is 11.4 Å². The van der Waals surface area contributed by atoms with Crippen LogP contribution >= 0.6 is 11.8 Å². The van der Waals surface area contributed by atoms with Gasteiger partial charge in [0.15, 0.2) is 0 Å². The first-order valence-corrected chi connectivity index (χ1v) is 6.35. The van der Waals surface area contributed by atoms with Crippen LogP contribution in [0.15, 0.2) is 41.6 Å². The lowest BCUT2D eigenvalue weighted by Gasteiger charge is -2.02. The average Bonchev–Trinajstić information content (AvgIpc) is 2.84. The van der Waals surface area contributed by atoms with Crippen LogP contribution < -0.4 is 5.73 Å². The molecule has 0 aliphatic carbocycles. The molecule has 3 N–H and O–H groups in total. The van der Waals surface area contributed by atoms with Gasteiger partial charge in [0.1, 0.15) is 5.75 Å². The quantitative estimate of drug-likeness (QED) is 0.617. The molecule has 94 valence electrons. The lowest BCUT2D eigenvalue weighted by molar-refractivity contribution is 0.475. The molecular formula is C11H13N5OS. The highest BCUT2D eigenvalue weighted by Crippen LogP contribution is 2.19. The van der Waals surface area contributed by atoms with Gasteiger partial charge < -0.3 is 10.8 Å². The Morgan fingerprint density at radius 1 is 1.28 bits per heavy atom. The SMILES string of the molecule is NCC=CCSc1nnnn1-c1ccc(O)cc1. The van der Waals surface area contributed by atoms with Crippen LogP contribution in [0, 0.1) is 0 Å². The highest BCUT2D eigenvalue weighted by atomic mass is 32.2. The van der Waals surface area contributed by atoms with Crippen LogP contribution in [0.3, 0.4) is 0 Å². The summed E-state index contributed by atoms with van der Waals surface area (Å²) in [5, 5.41) is 21.5. The molecule has 1 aromatic heterocycles. The molecule has 0 saturated carbocycles. The standard InChI is InChI=1S/C11H13N5OS/c12-7-1-2-8-18-11-13-14-15-16(11)9-3-5-10(17)6-4-9/h1-6,17H,7-8,12H2. The molecule has 0 aliphatic rings. The molecule has 1 aromatic carbocycles. The number of phenols is 1. The first kappa shape index (κ1) is 12.6. The molecule has 2 rings (SSSR count). The molecule has 2 aromatic rings. The Labute approximate surface area is 108 Å². The van der Waals surface area contributed by atoms with Crippen LogP contribution in [0.2, 0.25) is 0 Å². The van der Waals surface area contributed by atoms with E-state index in [1.54, 1.807) is 28.9 Å². The van der Waals surface area contributed by atoms with Crippen molar-refractivity contribution in [2.24, 2.45) is 5.73 Å². The van der Waals surface area contributed by atoms with E-state index in [2.05, 4.69) is 15.5 Å². The summed E-state index contributed by atoms with van der Waals surface area (Å²) in [5.41, 5.74) is 6.17. The molecule has 0 radical (unpaired) electrons. The molecule has 6 nitrogen and oxygen atoms in total. The molecule has 0 fully saturated rings. The highest BCUT2D eigenvalue weighted by Gasteiger charge is 2.07. The van der Waals surface area contributed by atoms with Crippen LogP contribution in [0.1, 0.15) is 0 Å². The van der Waals surface area contributed by atoms with Gasteiger partial charge >= 0.3 is 0 Å². The molecule has 0 amide bonds. The van der Waals surface area contributed by atoms with E-state index in [9.17, 15) is 5.11 Å². The molecule has 18 heavy (non-hydrogen) atoms. The summed E-state index contributed by atoms with van der Waals surface area (Å²) in [6.07, 6.45) is 3.86. The minimum absolute atomic E-state index is 0.215. The Kier molecular flexibility index (Phi) is 4.32. The van der Waals surface area contributed by atoms with Crippen molar-refractivity contribution < 1.29 is 5.11 Å². The topological polar surface area (TPSA) is 89.9 Å². The molecule has 1 heterocycles. The average molecular weight is 263 g/mol. The summed E-state index contributed by atoms with van der Waals surface area (Å²) in [5.74, 6) is 0.974. The van der Waals surface area contributed by atoms with Crippen molar-refractivity contribution in [2.75, 3.05) is 12.3 Å². The first-order chi connectivity index (χ1) is 8.81. The van der Waals surface area contributed by atoms with E-state index in [1.807, 2.05) is 12.2 Å². The number of nitrogens with two attached hydrogens (primary N) is 1. The van der Waals surface area contributed by atoms with Gasteiger partial charge in [-0.1, -0.05) is 23.9 Å². The highest BCUT2D eigenvalue weighted by molar-refractivity contribution is 7.99. The van der Waals surface area contributed by atoms with Gasteiger partial charge in [0.25, 0.3) is 0 Å². The lowest BCUT2D eigenvalue weighted by Crippen LogP contribution is -1.98. The molecule has 0 spiro atoms. The van der Waals surface area contributed by atoms with Gasteiger partial charge in [0.05, 0.1) is 5.69 Å². The molecule has 0 unspecified atom stereocenters. The molecule has 7 heteroatoms. The molecule has 0 saturated heterocycles. The van der Waals surface area contributed by atoms with Gasteiger partial charge in [0, 0.05) is 12.3 Å². The molecule has 0 bridgehead atoms. The molecular weight excluding hydrogens is 250 g/mol. The normalized spacial score (nSPS) is 11.2. The Bertz CT molecular complexity index is 522. The van der Waals surface area contributed by atoms with E-state index in [-0.39, 0.29) is 5.75 Å². The third-order valence-electron chi connectivity index (χ3n) is 2.15. The zero-order valence-electron chi connectivity index (χ0n) is 9.60. The Morgan fingerprint density at radius 3 is 2.78 bits per heavy atom. The number of hydrogen-bond acceptors (Lipinski definition) is 6. The fourth-order valence-corrected chi connectivity index (χ4v) is 2.05. The fraction of sp³-hybridized carbons (Fsp3) is 0.182. The minimum atomic E-state index is 0.215. The van der Waals surface area contributed by atoms with Crippen molar-refractivity contribution in [3.05, 3.63) is 36.4 Å². The zero-order chi connectivity index (χ0) is 12.8. The van der Waals surface area contributed by atoms with Crippen LogP contribution in [-0.4, -0.2) is 37.6 Å². The number of thioether (sulfide) groups is 1. The van der Waals surface area contributed by atoms with E-state index >= 15 is 0 Å². The van der Waals surface area contributed by atoms with E-state index in [4.69, 9.17) is 5.73 Å². The number of rotatable bonds is 5.